The molecule has 0 radical (unpaired) electrons. The first-order valence-electron chi connectivity index (χ1n) is 8.72. The van der Waals surface area contributed by atoms with Crippen molar-refractivity contribution in [3.8, 4) is 0 Å². The molecule has 1 aliphatic heterocycles. The minimum Gasteiger partial charge on any atom is -0.481 e. The second-order valence-electron chi connectivity index (χ2n) is 7.37. The molecule has 2 N–H and O–H groups in total. The summed E-state index contributed by atoms with van der Waals surface area (Å²) in [7, 11) is 0. The lowest BCUT2D eigenvalue weighted by Gasteiger charge is -2.39. The fourth-order valence-corrected chi connectivity index (χ4v) is 3.68. The molecule has 0 spiro atoms. The zero-order valence-electron chi connectivity index (χ0n) is 13.9. The fraction of sp³-hybridized carbons (Fsp3) is 0.882. The molecule has 0 bridgehead atoms. The predicted octanol–water partition coefficient (Wildman–Crippen LogP) is 2.26. The molecule has 1 heterocycles. The number of carboxylic acids is 1. The van der Waals surface area contributed by atoms with Crippen LogP contribution in [0.5, 0.6) is 0 Å². The van der Waals surface area contributed by atoms with Crippen LogP contribution in [-0.2, 0) is 9.59 Å². The van der Waals surface area contributed by atoms with E-state index in [1.807, 2.05) is 13.8 Å². The number of nitrogens with zero attached hydrogens (tertiary/aromatic N) is 1. The lowest BCUT2D eigenvalue weighted by Crippen LogP contribution is -2.55. The van der Waals surface area contributed by atoms with Crippen molar-refractivity contribution >= 4 is 11.9 Å². The molecule has 1 saturated carbocycles. The van der Waals surface area contributed by atoms with Crippen LogP contribution in [0, 0.1) is 11.8 Å². The third-order valence-electron chi connectivity index (χ3n) is 4.81. The van der Waals surface area contributed by atoms with Gasteiger partial charge >= 0.3 is 5.97 Å². The highest BCUT2D eigenvalue weighted by Crippen LogP contribution is 2.23. The van der Waals surface area contributed by atoms with E-state index < -0.39 is 11.9 Å². The maximum atomic E-state index is 12.3. The SMILES string of the molecule is CC(C)CC(=O)N1CC(NC2CCCCC2)CC(C(=O)O)C1. The van der Waals surface area contributed by atoms with Gasteiger partial charge in [-0.05, 0) is 25.2 Å². The van der Waals surface area contributed by atoms with Crippen molar-refractivity contribution in [1.29, 1.82) is 0 Å². The summed E-state index contributed by atoms with van der Waals surface area (Å²) in [6.07, 6.45) is 7.30. The summed E-state index contributed by atoms with van der Waals surface area (Å²) in [5, 5.41) is 13.0. The lowest BCUT2D eigenvalue weighted by molar-refractivity contribution is -0.146. The fourth-order valence-electron chi connectivity index (χ4n) is 3.68. The zero-order chi connectivity index (χ0) is 16.1. The summed E-state index contributed by atoms with van der Waals surface area (Å²) >= 11 is 0. The van der Waals surface area contributed by atoms with Crippen LogP contribution in [0.2, 0.25) is 0 Å². The number of hydrogen-bond donors (Lipinski definition) is 2. The Balaban J connectivity index is 1.96. The molecule has 2 atom stereocenters. The standard InChI is InChI=1S/C17H30N2O3/c1-12(2)8-16(20)19-10-13(17(21)22)9-15(11-19)18-14-6-4-3-5-7-14/h12-15,18H,3-11H2,1-2H3,(H,21,22). The lowest BCUT2D eigenvalue weighted by atomic mass is 9.90. The molecule has 2 fully saturated rings. The molecule has 1 saturated heterocycles. The Bertz CT molecular complexity index is 391. The molecule has 126 valence electrons. The van der Waals surface area contributed by atoms with Crippen LogP contribution in [-0.4, -0.2) is 47.1 Å². The minimum absolute atomic E-state index is 0.0939. The van der Waals surface area contributed by atoms with Gasteiger partial charge < -0.3 is 15.3 Å². The Hall–Kier alpha value is -1.10. The van der Waals surface area contributed by atoms with Crippen LogP contribution in [0.4, 0.5) is 0 Å². The van der Waals surface area contributed by atoms with Gasteiger partial charge in [-0.15, -0.1) is 0 Å². The van der Waals surface area contributed by atoms with Crippen molar-refractivity contribution in [2.24, 2.45) is 11.8 Å². The molecule has 5 heteroatoms. The second-order valence-corrected chi connectivity index (χ2v) is 7.37. The van der Waals surface area contributed by atoms with E-state index in [1.165, 1.54) is 32.1 Å². The topological polar surface area (TPSA) is 69.6 Å². The number of aliphatic carboxylic acids is 1. The van der Waals surface area contributed by atoms with Gasteiger partial charge in [0.05, 0.1) is 5.92 Å². The van der Waals surface area contributed by atoms with Gasteiger partial charge in [-0.1, -0.05) is 33.1 Å². The number of piperidine rings is 1. The van der Waals surface area contributed by atoms with Crippen molar-refractivity contribution in [3.05, 3.63) is 0 Å². The van der Waals surface area contributed by atoms with Crippen molar-refractivity contribution in [2.45, 2.75) is 70.9 Å². The maximum Gasteiger partial charge on any atom is 0.308 e. The van der Waals surface area contributed by atoms with Gasteiger partial charge in [-0.2, -0.15) is 0 Å². The van der Waals surface area contributed by atoms with Gasteiger partial charge in [0.2, 0.25) is 5.91 Å². The molecule has 22 heavy (non-hydrogen) atoms. The highest BCUT2D eigenvalue weighted by atomic mass is 16.4. The first-order chi connectivity index (χ1) is 10.5. The van der Waals surface area contributed by atoms with Crippen molar-refractivity contribution in [3.63, 3.8) is 0 Å². The van der Waals surface area contributed by atoms with E-state index in [0.29, 0.717) is 37.9 Å². The van der Waals surface area contributed by atoms with Crippen LogP contribution < -0.4 is 5.32 Å². The van der Waals surface area contributed by atoms with Gasteiger partial charge in [0.1, 0.15) is 0 Å². The quantitative estimate of drug-likeness (QED) is 0.817. The van der Waals surface area contributed by atoms with E-state index in [0.717, 1.165) is 0 Å². The van der Waals surface area contributed by atoms with Gasteiger partial charge in [0.15, 0.2) is 0 Å². The first kappa shape index (κ1) is 17.3. The summed E-state index contributed by atoms with van der Waals surface area (Å²) in [5.74, 6) is -0.817. The number of rotatable bonds is 5. The Morgan fingerprint density at radius 1 is 1.14 bits per heavy atom. The number of hydrogen-bond acceptors (Lipinski definition) is 3. The minimum atomic E-state index is -0.780. The van der Waals surface area contributed by atoms with Crippen LogP contribution in [0.1, 0.15) is 58.8 Å². The normalized spacial score (nSPS) is 27.1. The number of carboxylic acid groups (broad SMARTS) is 1. The third kappa shape index (κ3) is 4.97. The van der Waals surface area contributed by atoms with Gasteiger partial charge in [-0.25, -0.2) is 0 Å². The summed E-state index contributed by atoms with van der Waals surface area (Å²) in [6.45, 7) is 5.07. The molecule has 1 amide bonds. The van der Waals surface area contributed by atoms with E-state index in [4.69, 9.17) is 0 Å². The summed E-state index contributed by atoms with van der Waals surface area (Å²) in [4.78, 5) is 25.5. The third-order valence-corrected chi connectivity index (χ3v) is 4.81. The average Bonchev–Trinajstić information content (AvgIpc) is 2.47. The number of nitrogens with one attached hydrogen (secondary N) is 1. The molecule has 0 aromatic heterocycles. The number of carbonyl (C=O) groups is 2. The Morgan fingerprint density at radius 3 is 2.41 bits per heavy atom. The van der Waals surface area contributed by atoms with Gasteiger partial charge in [-0.3, -0.25) is 9.59 Å². The van der Waals surface area contributed by atoms with Gasteiger partial charge in [0.25, 0.3) is 0 Å². The van der Waals surface area contributed by atoms with Crippen LogP contribution >= 0.6 is 0 Å². The smallest absolute Gasteiger partial charge is 0.308 e. The van der Waals surface area contributed by atoms with Crippen molar-refractivity contribution in [1.82, 2.24) is 10.2 Å². The molecule has 2 rings (SSSR count). The summed E-state index contributed by atoms with van der Waals surface area (Å²) < 4.78 is 0. The van der Waals surface area contributed by atoms with E-state index in [9.17, 15) is 14.7 Å². The van der Waals surface area contributed by atoms with E-state index in [2.05, 4.69) is 5.32 Å². The molecule has 2 unspecified atom stereocenters. The second kappa shape index (κ2) is 7.95. The number of carbonyl (C=O) groups excluding carboxylic acids is 1. The monoisotopic (exact) mass is 310 g/mol. The number of likely N-dealkylation sites (tertiary alicyclic amines) is 1. The highest BCUT2D eigenvalue weighted by molar-refractivity contribution is 5.78. The van der Waals surface area contributed by atoms with E-state index in [1.54, 1.807) is 4.90 Å². The summed E-state index contributed by atoms with van der Waals surface area (Å²) in [6, 6.07) is 0.613. The molecular formula is C17H30N2O3. The molecular weight excluding hydrogens is 280 g/mol. The average molecular weight is 310 g/mol. The van der Waals surface area contributed by atoms with Crippen LogP contribution in [0.25, 0.3) is 0 Å². The van der Waals surface area contributed by atoms with Gasteiger partial charge in [0, 0.05) is 31.6 Å². The van der Waals surface area contributed by atoms with Crippen molar-refractivity contribution < 1.29 is 14.7 Å². The maximum absolute atomic E-state index is 12.3. The van der Waals surface area contributed by atoms with E-state index >= 15 is 0 Å². The highest BCUT2D eigenvalue weighted by Gasteiger charge is 2.34. The van der Waals surface area contributed by atoms with Crippen LogP contribution in [0.15, 0.2) is 0 Å². The molecule has 5 nitrogen and oxygen atoms in total. The Labute approximate surface area is 133 Å². The first-order valence-corrected chi connectivity index (χ1v) is 8.72. The number of amides is 1. The Morgan fingerprint density at radius 2 is 1.82 bits per heavy atom. The van der Waals surface area contributed by atoms with E-state index in [-0.39, 0.29) is 11.9 Å². The largest absolute Gasteiger partial charge is 0.481 e. The van der Waals surface area contributed by atoms with Crippen molar-refractivity contribution in [2.75, 3.05) is 13.1 Å². The molecule has 0 aromatic carbocycles. The van der Waals surface area contributed by atoms with Crippen LogP contribution in [0.3, 0.4) is 0 Å². The molecule has 2 aliphatic rings. The molecule has 1 aliphatic carbocycles. The summed E-state index contributed by atoms with van der Waals surface area (Å²) in [5.41, 5.74) is 0. The molecule has 0 aromatic rings. The Kier molecular flexibility index (Phi) is 6.24. The zero-order valence-corrected chi connectivity index (χ0v) is 13.9. The predicted molar refractivity (Wildman–Crippen MR) is 85.6 cm³/mol.